The van der Waals surface area contributed by atoms with Crippen LogP contribution in [0, 0.1) is 5.82 Å². The highest BCUT2D eigenvalue weighted by molar-refractivity contribution is 7.92. The second kappa shape index (κ2) is 6.55. The molecule has 0 spiro atoms. The van der Waals surface area contributed by atoms with Gasteiger partial charge in [0.1, 0.15) is 28.6 Å². The number of methoxy groups -OCH3 is 1. The fourth-order valence-corrected chi connectivity index (χ4v) is 3.48. The molecule has 0 atom stereocenters. The Morgan fingerprint density at radius 1 is 1.36 bits per heavy atom. The monoisotopic (exact) mass is 367 g/mol. The van der Waals surface area contributed by atoms with Gasteiger partial charge in [-0.3, -0.25) is 9.52 Å². The fraction of sp³-hybridized carbons (Fsp3) is 0.200. The van der Waals surface area contributed by atoms with E-state index in [4.69, 9.17) is 9.47 Å². The molecule has 25 heavy (non-hydrogen) atoms. The number of aromatic nitrogens is 1. The van der Waals surface area contributed by atoms with Crippen LogP contribution in [0.5, 0.6) is 11.6 Å². The van der Waals surface area contributed by atoms with Crippen LogP contribution in [0.1, 0.15) is 10.4 Å². The predicted octanol–water partition coefficient (Wildman–Crippen LogP) is 1.15. The van der Waals surface area contributed by atoms with E-state index in [1.54, 1.807) is 0 Å². The second-order valence-electron chi connectivity index (χ2n) is 5.08. The molecule has 1 aliphatic heterocycles. The lowest BCUT2D eigenvalue weighted by Gasteiger charge is -2.12. The van der Waals surface area contributed by atoms with Crippen LogP contribution in [0.3, 0.4) is 0 Å². The zero-order chi connectivity index (χ0) is 18.0. The van der Waals surface area contributed by atoms with Gasteiger partial charge in [-0.05, 0) is 24.3 Å². The first-order valence-electron chi connectivity index (χ1n) is 7.18. The predicted molar refractivity (Wildman–Crippen MR) is 85.8 cm³/mol. The van der Waals surface area contributed by atoms with E-state index in [0.29, 0.717) is 6.54 Å². The van der Waals surface area contributed by atoms with Crippen molar-refractivity contribution >= 4 is 21.6 Å². The lowest BCUT2D eigenvalue weighted by molar-refractivity contribution is 0.0957. The SMILES string of the molecule is COc1ccc(F)cc1S(=O)(=O)Nc1cnc2c(c1)C(=O)NCCO2. The molecule has 0 bridgehead atoms. The first-order chi connectivity index (χ1) is 11.9. The van der Waals surface area contributed by atoms with Gasteiger partial charge in [-0.15, -0.1) is 0 Å². The highest BCUT2D eigenvalue weighted by atomic mass is 32.2. The van der Waals surface area contributed by atoms with E-state index < -0.39 is 21.7 Å². The Balaban J connectivity index is 1.97. The number of pyridine rings is 1. The van der Waals surface area contributed by atoms with E-state index in [1.165, 1.54) is 25.4 Å². The molecule has 3 rings (SSSR count). The van der Waals surface area contributed by atoms with Crippen molar-refractivity contribution in [3.8, 4) is 11.6 Å². The number of hydrogen-bond acceptors (Lipinski definition) is 6. The van der Waals surface area contributed by atoms with Crippen molar-refractivity contribution in [1.29, 1.82) is 0 Å². The summed E-state index contributed by atoms with van der Waals surface area (Å²) in [5.74, 6) is -1.06. The summed E-state index contributed by atoms with van der Waals surface area (Å²) in [6.45, 7) is 0.577. The summed E-state index contributed by atoms with van der Waals surface area (Å²) >= 11 is 0. The number of sulfonamides is 1. The van der Waals surface area contributed by atoms with Crippen molar-refractivity contribution in [2.75, 3.05) is 25.0 Å². The minimum atomic E-state index is -4.16. The van der Waals surface area contributed by atoms with Gasteiger partial charge in [-0.1, -0.05) is 0 Å². The molecule has 1 aromatic carbocycles. The lowest BCUT2D eigenvalue weighted by Crippen LogP contribution is -2.24. The molecule has 1 amide bonds. The maximum absolute atomic E-state index is 13.4. The number of benzene rings is 1. The number of halogens is 1. The number of carbonyl (C=O) groups is 1. The molecule has 8 nitrogen and oxygen atoms in total. The Kier molecular flexibility index (Phi) is 4.45. The number of hydrogen-bond donors (Lipinski definition) is 2. The van der Waals surface area contributed by atoms with E-state index in [2.05, 4.69) is 15.0 Å². The van der Waals surface area contributed by atoms with Crippen LogP contribution in [0.4, 0.5) is 10.1 Å². The lowest BCUT2D eigenvalue weighted by atomic mass is 10.2. The molecule has 0 fully saturated rings. The molecule has 0 radical (unpaired) electrons. The molecule has 1 aliphatic rings. The average Bonchev–Trinajstić information content (AvgIpc) is 2.76. The van der Waals surface area contributed by atoms with Crippen LogP contribution in [-0.4, -0.2) is 39.6 Å². The number of anilines is 1. The molecule has 0 unspecified atom stereocenters. The van der Waals surface area contributed by atoms with E-state index in [0.717, 1.165) is 12.1 Å². The van der Waals surface area contributed by atoms with Crippen molar-refractivity contribution in [1.82, 2.24) is 10.3 Å². The number of carbonyl (C=O) groups excluding carboxylic acids is 1. The third-order valence-electron chi connectivity index (χ3n) is 3.39. The second-order valence-corrected chi connectivity index (χ2v) is 6.73. The van der Waals surface area contributed by atoms with Crippen molar-refractivity contribution < 1.29 is 27.1 Å². The van der Waals surface area contributed by atoms with E-state index >= 15 is 0 Å². The number of amides is 1. The number of nitrogens with one attached hydrogen (secondary N) is 2. The maximum Gasteiger partial charge on any atom is 0.265 e. The van der Waals surface area contributed by atoms with E-state index in [1.807, 2.05) is 0 Å². The summed E-state index contributed by atoms with van der Waals surface area (Å²) in [6, 6.07) is 4.43. The minimum absolute atomic E-state index is 0.0160. The molecule has 10 heteroatoms. The Labute approximate surface area is 143 Å². The van der Waals surface area contributed by atoms with Gasteiger partial charge in [0.05, 0.1) is 25.5 Å². The molecule has 2 N–H and O–H groups in total. The van der Waals surface area contributed by atoms with Crippen LogP contribution in [-0.2, 0) is 10.0 Å². The van der Waals surface area contributed by atoms with Crippen molar-refractivity contribution in [3.05, 3.63) is 41.8 Å². The number of fused-ring (bicyclic) bond motifs is 1. The normalized spacial score (nSPS) is 13.9. The summed E-state index contributed by atoms with van der Waals surface area (Å²) in [4.78, 5) is 15.5. The van der Waals surface area contributed by atoms with E-state index in [9.17, 15) is 17.6 Å². The fourth-order valence-electron chi connectivity index (χ4n) is 2.26. The van der Waals surface area contributed by atoms with Crippen molar-refractivity contribution in [2.24, 2.45) is 0 Å². The summed E-state index contributed by atoms with van der Waals surface area (Å²) < 4.78 is 51.0. The molecule has 0 saturated heterocycles. The van der Waals surface area contributed by atoms with Gasteiger partial charge in [-0.2, -0.15) is 0 Å². The first kappa shape index (κ1) is 17.0. The third kappa shape index (κ3) is 3.48. The topological polar surface area (TPSA) is 107 Å². The minimum Gasteiger partial charge on any atom is -0.495 e. The number of nitrogens with zero attached hydrogens (tertiary/aromatic N) is 1. The largest absolute Gasteiger partial charge is 0.495 e. The molecule has 0 aliphatic carbocycles. The standard InChI is InChI=1S/C15H14FN3O5S/c1-23-12-3-2-9(16)6-13(12)25(21,22)19-10-7-11-14(20)17-4-5-24-15(11)18-8-10/h2-3,6-8,19H,4-5H2,1H3,(H,17,20). The van der Waals surface area contributed by atoms with Crippen LogP contribution in [0.25, 0.3) is 0 Å². The molecule has 0 saturated carbocycles. The van der Waals surface area contributed by atoms with Crippen LogP contribution in [0.2, 0.25) is 0 Å². The summed E-state index contributed by atoms with van der Waals surface area (Å²) in [6.07, 6.45) is 1.21. The van der Waals surface area contributed by atoms with Gasteiger partial charge in [0, 0.05) is 0 Å². The third-order valence-corrected chi connectivity index (χ3v) is 4.79. The van der Waals surface area contributed by atoms with Gasteiger partial charge in [0.15, 0.2) is 0 Å². The van der Waals surface area contributed by atoms with Crippen LogP contribution in [0.15, 0.2) is 35.4 Å². The number of ether oxygens (including phenoxy) is 2. The van der Waals surface area contributed by atoms with Gasteiger partial charge < -0.3 is 14.8 Å². The van der Waals surface area contributed by atoms with Gasteiger partial charge in [0.2, 0.25) is 5.88 Å². The van der Waals surface area contributed by atoms with E-state index in [-0.39, 0.29) is 34.4 Å². The Morgan fingerprint density at radius 2 is 2.16 bits per heavy atom. The number of rotatable bonds is 4. The van der Waals surface area contributed by atoms with Gasteiger partial charge in [0.25, 0.3) is 15.9 Å². The van der Waals surface area contributed by atoms with Crippen molar-refractivity contribution in [2.45, 2.75) is 4.90 Å². The Morgan fingerprint density at radius 3 is 2.92 bits per heavy atom. The highest BCUT2D eigenvalue weighted by Crippen LogP contribution is 2.28. The average molecular weight is 367 g/mol. The van der Waals surface area contributed by atoms with Gasteiger partial charge >= 0.3 is 0 Å². The summed E-state index contributed by atoms with van der Waals surface area (Å²) in [5, 5.41) is 2.60. The van der Waals surface area contributed by atoms with Gasteiger partial charge in [-0.25, -0.2) is 17.8 Å². The highest BCUT2D eigenvalue weighted by Gasteiger charge is 2.23. The van der Waals surface area contributed by atoms with Crippen LogP contribution >= 0.6 is 0 Å². The molecule has 2 aromatic rings. The molecule has 1 aromatic heterocycles. The quantitative estimate of drug-likeness (QED) is 0.840. The molecular formula is C15H14FN3O5S. The molecule has 2 heterocycles. The maximum atomic E-state index is 13.4. The summed E-state index contributed by atoms with van der Waals surface area (Å²) in [7, 11) is -2.88. The first-order valence-corrected chi connectivity index (χ1v) is 8.66. The Hall–Kier alpha value is -2.88. The van der Waals surface area contributed by atoms with Crippen molar-refractivity contribution in [3.63, 3.8) is 0 Å². The van der Waals surface area contributed by atoms with Crippen LogP contribution < -0.4 is 19.5 Å². The summed E-state index contributed by atoms with van der Waals surface area (Å²) in [5.41, 5.74) is 0.134. The molecular weight excluding hydrogens is 353 g/mol. The smallest absolute Gasteiger partial charge is 0.265 e. The molecule has 132 valence electrons. The zero-order valence-electron chi connectivity index (χ0n) is 13.1. The zero-order valence-corrected chi connectivity index (χ0v) is 13.9. The Bertz CT molecular complexity index is 933.